The summed E-state index contributed by atoms with van der Waals surface area (Å²) in [5.74, 6) is 1.69. The van der Waals surface area contributed by atoms with Gasteiger partial charge in [0.15, 0.2) is 0 Å². The number of nitrogens with one attached hydrogen (secondary N) is 1. The fourth-order valence-corrected chi connectivity index (χ4v) is 1.34. The zero-order valence-corrected chi connectivity index (χ0v) is 7.84. The van der Waals surface area contributed by atoms with Crippen molar-refractivity contribution in [2.45, 2.75) is 12.8 Å². The summed E-state index contributed by atoms with van der Waals surface area (Å²) in [7, 11) is 3.70. The second-order valence-corrected chi connectivity index (χ2v) is 3.06. The molecule has 1 atom stereocenters. The smallest absolute Gasteiger partial charge is 0.114 e. The predicted molar refractivity (Wildman–Crippen MR) is 50.9 cm³/mol. The highest BCUT2D eigenvalue weighted by Crippen LogP contribution is 2.18. The SMILES string of the molecule is CNCCC1C=CC(OC)=CC1. The molecule has 0 spiro atoms. The maximum Gasteiger partial charge on any atom is 0.114 e. The van der Waals surface area contributed by atoms with E-state index in [0.717, 1.165) is 18.7 Å². The molecule has 0 aromatic carbocycles. The van der Waals surface area contributed by atoms with E-state index < -0.39 is 0 Å². The van der Waals surface area contributed by atoms with Crippen LogP contribution in [-0.2, 0) is 4.74 Å². The Balaban J connectivity index is 2.28. The van der Waals surface area contributed by atoms with Crippen molar-refractivity contribution in [2.75, 3.05) is 20.7 Å². The molecule has 2 nitrogen and oxygen atoms in total. The molecule has 0 aromatic heterocycles. The van der Waals surface area contributed by atoms with Crippen molar-refractivity contribution < 1.29 is 4.74 Å². The van der Waals surface area contributed by atoms with E-state index >= 15 is 0 Å². The first-order valence-electron chi connectivity index (χ1n) is 4.43. The zero-order valence-electron chi connectivity index (χ0n) is 7.84. The second kappa shape index (κ2) is 4.99. The van der Waals surface area contributed by atoms with Crippen molar-refractivity contribution in [1.29, 1.82) is 0 Å². The van der Waals surface area contributed by atoms with Gasteiger partial charge in [0.2, 0.25) is 0 Å². The number of allylic oxidation sites excluding steroid dienone is 3. The normalized spacial score (nSPS) is 22.2. The van der Waals surface area contributed by atoms with Crippen LogP contribution in [0.5, 0.6) is 0 Å². The van der Waals surface area contributed by atoms with Crippen molar-refractivity contribution >= 4 is 0 Å². The van der Waals surface area contributed by atoms with E-state index in [0.29, 0.717) is 5.92 Å². The summed E-state index contributed by atoms with van der Waals surface area (Å²) in [5, 5.41) is 3.15. The molecule has 0 saturated carbocycles. The Kier molecular flexibility index (Phi) is 3.88. The average molecular weight is 167 g/mol. The molecule has 0 saturated heterocycles. The van der Waals surface area contributed by atoms with Crippen molar-refractivity contribution in [2.24, 2.45) is 5.92 Å². The fourth-order valence-electron chi connectivity index (χ4n) is 1.34. The molecule has 0 fully saturated rings. The summed E-state index contributed by atoms with van der Waals surface area (Å²) in [5.41, 5.74) is 0. The lowest BCUT2D eigenvalue weighted by atomic mass is 9.97. The van der Waals surface area contributed by atoms with Crippen LogP contribution < -0.4 is 5.32 Å². The highest BCUT2D eigenvalue weighted by atomic mass is 16.5. The minimum Gasteiger partial charge on any atom is -0.497 e. The van der Waals surface area contributed by atoms with Gasteiger partial charge in [-0.3, -0.25) is 0 Å². The van der Waals surface area contributed by atoms with Gasteiger partial charge in [-0.05, 0) is 44.5 Å². The molecule has 12 heavy (non-hydrogen) atoms. The largest absolute Gasteiger partial charge is 0.497 e. The predicted octanol–water partition coefficient (Wildman–Crippen LogP) is 1.70. The summed E-state index contributed by atoms with van der Waals surface area (Å²) in [6.07, 6.45) is 8.77. The van der Waals surface area contributed by atoms with Gasteiger partial charge in [0, 0.05) is 0 Å². The third kappa shape index (κ3) is 2.70. The molecule has 1 N–H and O–H groups in total. The van der Waals surface area contributed by atoms with Crippen LogP contribution in [0.1, 0.15) is 12.8 Å². The molecule has 68 valence electrons. The first-order chi connectivity index (χ1) is 5.86. The van der Waals surface area contributed by atoms with Crippen molar-refractivity contribution in [1.82, 2.24) is 5.32 Å². The summed E-state index contributed by atoms with van der Waals surface area (Å²) in [4.78, 5) is 0. The first kappa shape index (κ1) is 9.33. The monoisotopic (exact) mass is 167 g/mol. The number of hydrogen-bond donors (Lipinski definition) is 1. The summed E-state index contributed by atoms with van der Waals surface area (Å²) in [6, 6.07) is 0. The van der Waals surface area contributed by atoms with E-state index in [-0.39, 0.29) is 0 Å². The van der Waals surface area contributed by atoms with Crippen LogP contribution in [0.2, 0.25) is 0 Å². The highest BCUT2D eigenvalue weighted by molar-refractivity contribution is 5.17. The van der Waals surface area contributed by atoms with Crippen LogP contribution in [0.25, 0.3) is 0 Å². The Labute approximate surface area is 74.3 Å². The van der Waals surface area contributed by atoms with E-state index in [4.69, 9.17) is 4.74 Å². The molecule has 0 aromatic rings. The van der Waals surface area contributed by atoms with Gasteiger partial charge in [0.05, 0.1) is 7.11 Å². The molecular formula is C10H17NO. The topological polar surface area (TPSA) is 21.3 Å². The van der Waals surface area contributed by atoms with Crippen LogP contribution in [0.4, 0.5) is 0 Å². The summed E-state index contributed by atoms with van der Waals surface area (Å²) in [6.45, 7) is 1.09. The van der Waals surface area contributed by atoms with Gasteiger partial charge in [-0.25, -0.2) is 0 Å². The highest BCUT2D eigenvalue weighted by Gasteiger charge is 2.07. The molecule has 1 aliphatic carbocycles. The lowest BCUT2D eigenvalue weighted by molar-refractivity contribution is 0.301. The Hall–Kier alpha value is -0.760. The third-order valence-electron chi connectivity index (χ3n) is 2.16. The second-order valence-electron chi connectivity index (χ2n) is 3.06. The van der Waals surface area contributed by atoms with Crippen molar-refractivity contribution in [3.05, 3.63) is 24.0 Å². The minimum atomic E-state index is 0.691. The van der Waals surface area contributed by atoms with Gasteiger partial charge in [-0.1, -0.05) is 6.08 Å². The Morgan fingerprint density at radius 1 is 1.67 bits per heavy atom. The van der Waals surface area contributed by atoms with Gasteiger partial charge in [0.1, 0.15) is 5.76 Å². The Morgan fingerprint density at radius 2 is 2.50 bits per heavy atom. The van der Waals surface area contributed by atoms with Crippen LogP contribution in [0.15, 0.2) is 24.0 Å². The van der Waals surface area contributed by atoms with E-state index in [1.165, 1.54) is 6.42 Å². The van der Waals surface area contributed by atoms with Gasteiger partial charge in [-0.15, -0.1) is 0 Å². The third-order valence-corrected chi connectivity index (χ3v) is 2.16. The van der Waals surface area contributed by atoms with Crippen LogP contribution >= 0.6 is 0 Å². The number of ether oxygens (including phenoxy) is 1. The average Bonchev–Trinajstić information content (AvgIpc) is 2.15. The molecule has 1 aliphatic rings. The fraction of sp³-hybridized carbons (Fsp3) is 0.600. The van der Waals surface area contributed by atoms with E-state index in [1.807, 2.05) is 7.05 Å². The molecule has 0 heterocycles. The first-order valence-corrected chi connectivity index (χ1v) is 4.43. The van der Waals surface area contributed by atoms with Crippen molar-refractivity contribution in [3.8, 4) is 0 Å². The molecule has 0 amide bonds. The number of methoxy groups -OCH3 is 1. The van der Waals surface area contributed by atoms with Crippen LogP contribution in [0.3, 0.4) is 0 Å². The quantitative estimate of drug-likeness (QED) is 0.688. The van der Waals surface area contributed by atoms with Crippen LogP contribution in [-0.4, -0.2) is 20.7 Å². The van der Waals surface area contributed by atoms with Gasteiger partial charge in [0.25, 0.3) is 0 Å². The molecule has 2 heteroatoms. The molecular weight excluding hydrogens is 150 g/mol. The van der Waals surface area contributed by atoms with Gasteiger partial charge < -0.3 is 10.1 Å². The summed E-state index contributed by atoms with van der Waals surface area (Å²) >= 11 is 0. The van der Waals surface area contributed by atoms with Gasteiger partial charge >= 0.3 is 0 Å². The lowest BCUT2D eigenvalue weighted by Gasteiger charge is -2.14. The standard InChI is InChI=1S/C10H17NO/c1-11-8-7-9-3-5-10(12-2)6-4-9/h3,5-6,9,11H,4,7-8H2,1-2H3. The minimum absolute atomic E-state index is 0.691. The van der Waals surface area contributed by atoms with E-state index in [1.54, 1.807) is 7.11 Å². The zero-order chi connectivity index (χ0) is 8.81. The Morgan fingerprint density at radius 3 is 3.00 bits per heavy atom. The lowest BCUT2D eigenvalue weighted by Crippen LogP contribution is -2.12. The molecule has 1 unspecified atom stereocenters. The maximum absolute atomic E-state index is 5.10. The van der Waals surface area contributed by atoms with E-state index in [9.17, 15) is 0 Å². The molecule has 0 bridgehead atoms. The number of rotatable bonds is 4. The van der Waals surface area contributed by atoms with Gasteiger partial charge in [-0.2, -0.15) is 0 Å². The molecule has 0 radical (unpaired) electrons. The Bertz CT molecular complexity index is 184. The number of hydrogen-bond acceptors (Lipinski definition) is 2. The van der Waals surface area contributed by atoms with E-state index in [2.05, 4.69) is 23.5 Å². The maximum atomic E-state index is 5.10. The van der Waals surface area contributed by atoms with Crippen molar-refractivity contribution in [3.63, 3.8) is 0 Å². The molecule has 1 rings (SSSR count). The van der Waals surface area contributed by atoms with Crippen LogP contribution in [0, 0.1) is 5.92 Å². The summed E-state index contributed by atoms with van der Waals surface area (Å²) < 4.78 is 5.10. The molecule has 0 aliphatic heterocycles.